The average molecular weight is 331 g/mol. The number of thioether (sulfide) groups is 1. The third-order valence-electron chi connectivity index (χ3n) is 3.74. The van der Waals surface area contributed by atoms with Crippen molar-refractivity contribution in [1.29, 1.82) is 0 Å². The maximum absolute atomic E-state index is 12.1. The number of rotatable bonds is 9. The second-order valence-electron chi connectivity index (χ2n) is 5.80. The van der Waals surface area contributed by atoms with Crippen LogP contribution in [-0.2, 0) is 4.79 Å². The summed E-state index contributed by atoms with van der Waals surface area (Å²) < 4.78 is 0. The minimum absolute atomic E-state index is 0.0701. The molecule has 23 heavy (non-hydrogen) atoms. The van der Waals surface area contributed by atoms with Crippen molar-refractivity contribution in [3.05, 3.63) is 30.6 Å². The van der Waals surface area contributed by atoms with Gasteiger partial charge in [0.05, 0.1) is 11.3 Å². The molecule has 1 atom stereocenters. The van der Waals surface area contributed by atoms with Crippen LogP contribution in [0.4, 0.5) is 0 Å². The van der Waals surface area contributed by atoms with Crippen LogP contribution in [0.25, 0.3) is 10.9 Å². The maximum Gasteiger partial charge on any atom is 0.230 e. The predicted molar refractivity (Wildman–Crippen MR) is 96.6 cm³/mol. The molecule has 0 saturated carbocycles. The summed E-state index contributed by atoms with van der Waals surface area (Å²) in [4.78, 5) is 20.6. The van der Waals surface area contributed by atoms with E-state index < -0.39 is 0 Å². The van der Waals surface area contributed by atoms with E-state index in [1.807, 2.05) is 24.3 Å². The standard InChI is InChI=1S/C18H25N3OS/c1-3-4-5-6-9-14(2)21-17(22)12-23-18-15-10-7-8-11-16(15)19-13-20-18/h7-8,10-11,13-14H,3-6,9,12H2,1-2H3,(H,21,22). The van der Waals surface area contributed by atoms with Gasteiger partial charge in [-0.15, -0.1) is 0 Å². The number of unbranched alkanes of at least 4 members (excludes halogenated alkanes) is 3. The van der Waals surface area contributed by atoms with E-state index in [1.54, 1.807) is 6.33 Å². The van der Waals surface area contributed by atoms with Gasteiger partial charge in [-0.1, -0.05) is 62.6 Å². The van der Waals surface area contributed by atoms with Gasteiger partial charge >= 0.3 is 0 Å². The number of hydrogen-bond acceptors (Lipinski definition) is 4. The number of nitrogens with zero attached hydrogens (tertiary/aromatic N) is 2. The summed E-state index contributed by atoms with van der Waals surface area (Å²) in [5.41, 5.74) is 0.912. The van der Waals surface area contributed by atoms with Crippen LogP contribution in [0, 0.1) is 0 Å². The Morgan fingerprint density at radius 2 is 2.04 bits per heavy atom. The first-order valence-electron chi connectivity index (χ1n) is 8.32. The zero-order valence-corrected chi connectivity index (χ0v) is 14.7. The highest BCUT2D eigenvalue weighted by atomic mass is 32.2. The van der Waals surface area contributed by atoms with Gasteiger partial charge in [-0.25, -0.2) is 9.97 Å². The van der Waals surface area contributed by atoms with Crippen molar-refractivity contribution in [3.8, 4) is 0 Å². The van der Waals surface area contributed by atoms with Crippen LogP contribution >= 0.6 is 11.8 Å². The summed E-state index contributed by atoms with van der Waals surface area (Å²) in [6.07, 6.45) is 7.55. The largest absolute Gasteiger partial charge is 0.353 e. The van der Waals surface area contributed by atoms with E-state index in [-0.39, 0.29) is 11.9 Å². The molecule has 0 aliphatic heterocycles. The first-order chi connectivity index (χ1) is 11.2. The van der Waals surface area contributed by atoms with Gasteiger partial charge in [0.2, 0.25) is 5.91 Å². The highest BCUT2D eigenvalue weighted by molar-refractivity contribution is 8.00. The lowest BCUT2D eigenvalue weighted by Gasteiger charge is -2.13. The third-order valence-corrected chi connectivity index (χ3v) is 4.75. The van der Waals surface area contributed by atoms with Crippen LogP contribution in [0.1, 0.15) is 46.0 Å². The number of carbonyl (C=O) groups excluding carboxylic acids is 1. The first-order valence-corrected chi connectivity index (χ1v) is 9.31. The van der Waals surface area contributed by atoms with E-state index >= 15 is 0 Å². The lowest BCUT2D eigenvalue weighted by atomic mass is 10.1. The van der Waals surface area contributed by atoms with Crippen LogP contribution in [-0.4, -0.2) is 27.7 Å². The molecular weight excluding hydrogens is 306 g/mol. The fourth-order valence-corrected chi connectivity index (χ4v) is 3.30. The van der Waals surface area contributed by atoms with Crippen LogP contribution in [0.2, 0.25) is 0 Å². The Labute approximate surface area is 142 Å². The van der Waals surface area contributed by atoms with Crippen molar-refractivity contribution < 1.29 is 4.79 Å². The minimum atomic E-state index is 0.0701. The SMILES string of the molecule is CCCCCCC(C)NC(=O)CSc1ncnc2ccccc12. The van der Waals surface area contributed by atoms with Crippen molar-refractivity contribution in [2.45, 2.75) is 57.0 Å². The molecule has 1 heterocycles. The Hall–Kier alpha value is -1.62. The topological polar surface area (TPSA) is 54.9 Å². The molecule has 2 rings (SSSR count). The second-order valence-corrected chi connectivity index (χ2v) is 6.77. The molecule has 5 heteroatoms. The van der Waals surface area contributed by atoms with Crippen LogP contribution in [0.15, 0.2) is 35.6 Å². The number of para-hydroxylation sites is 1. The minimum Gasteiger partial charge on any atom is -0.353 e. The zero-order valence-electron chi connectivity index (χ0n) is 13.9. The van der Waals surface area contributed by atoms with E-state index in [9.17, 15) is 4.79 Å². The number of aromatic nitrogens is 2. The predicted octanol–water partition coefficient (Wildman–Crippen LogP) is 4.20. The Morgan fingerprint density at radius 3 is 2.87 bits per heavy atom. The van der Waals surface area contributed by atoms with E-state index in [2.05, 4.69) is 29.1 Å². The van der Waals surface area contributed by atoms with E-state index in [1.165, 1.54) is 37.4 Å². The van der Waals surface area contributed by atoms with Gasteiger partial charge in [0.25, 0.3) is 0 Å². The Balaban J connectivity index is 1.79. The summed E-state index contributed by atoms with van der Waals surface area (Å²) in [6.45, 7) is 4.29. The van der Waals surface area contributed by atoms with Crippen LogP contribution in [0.3, 0.4) is 0 Å². The van der Waals surface area contributed by atoms with Crippen molar-refractivity contribution >= 4 is 28.6 Å². The number of nitrogens with one attached hydrogen (secondary N) is 1. The average Bonchev–Trinajstić information content (AvgIpc) is 2.57. The molecule has 0 spiro atoms. The highest BCUT2D eigenvalue weighted by Gasteiger charge is 2.10. The molecule has 2 aromatic rings. The highest BCUT2D eigenvalue weighted by Crippen LogP contribution is 2.23. The van der Waals surface area contributed by atoms with Crippen molar-refractivity contribution in [3.63, 3.8) is 0 Å². The molecule has 1 aromatic carbocycles. The van der Waals surface area contributed by atoms with E-state index in [4.69, 9.17) is 0 Å². The lowest BCUT2D eigenvalue weighted by molar-refractivity contribution is -0.119. The Kier molecular flexibility index (Phi) is 7.33. The molecule has 1 unspecified atom stereocenters. The number of benzene rings is 1. The summed E-state index contributed by atoms with van der Waals surface area (Å²) >= 11 is 1.47. The van der Waals surface area contributed by atoms with Gasteiger partial charge in [-0.05, 0) is 19.4 Å². The monoisotopic (exact) mass is 331 g/mol. The fraction of sp³-hybridized carbons (Fsp3) is 0.500. The molecular formula is C18H25N3OS. The fourth-order valence-electron chi connectivity index (χ4n) is 2.49. The zero-order chi connectivity index (χ0) is 16.5. The van der Waals surface area contributed by atoms with Crippen molar-refractivity contribution in [1.82, 2.24) is 15.3 Å². The molecule has 1 amide bonds. The molecule has 0 aliphatic carbocycles. The van der Waals surface area contributed by atoms with Crippen LogP contribution in [0.5, 0.6) is 0 Å². The molecule has 124 valence electrons. The van der Waals surface area contributed by atoms with Gasteiger partial charge in [0.15, 0.2) is 0 Å². The molecule has 0 fully saturated rings. The van der Waals surface area contributed by atoms with Gasteiger partial charge in [0.1, 0.15) is 11.4 Å². The molecule has 4 nitrogen and oxygen atoms in total. The number of amides is 1. The second kappa shape index (κ2) is 9.50. The van der Waals surface area contributed by atoms with E-state index in [0.717, 1.165) is 22.3 Å². The van der Waals surface area contributed by atoms with Gasteiger partial charge in [0, 0.05) is 11.4 Å². The molecule has 1 N–H and O–H groups in total. The number of hydrogen-bond donors (Lipinski definition) is 1. The first kappa shape index (κ1) is 17.7. The molecule has 0 bridgehead atoms. The van der Waals surface area contributed by atoms with Crippen LogP contribution < -0.4 is 5.32 Å². The summed E-state index contributed by atoms with van der Waals surface area (Å²) in [5, 5.41) is 4.93. The van der Waals surface area contributed by atoms with Crippen molar-refractivity contribution in [2.24, 2.45) is 0 Å². The summed E-state index contributed by atoms with van der Waals surface area (Å²) in [6, 6.07) is 8.11. The quantitative estimate of drug-likeness (QED) is 0.425. The Morgan fingerprint density at radius 1 is 1.22 bits per heavy atom. The molecule has 0 saturated heterocycles. The number of fused-ring (bicyclic) bond motifs is 1. The third kappa shape index (κ3) is 5.82. The van der Waals surface area contributed by atoms with Gasteiger partial charge in [-0.2, -0.15) is 0 Å². The van der Waals surface area contributed by atoms with Gasteiger partial charge in [-0.3, -0.25) is 4.79 Å². The summed E-state index contributed by atoms with van der Waals surface area (Å²) in [5.74, 6) is 0.459. The normalized spacial score (nSPS) is 12.3. The Bertz CT molecular complexity index is 627. The van der Waals surface area contributed by atoms with E-state index in [0.29, 0.717) is 5.75 Å². The number of carbonyl (C=O) groups is 1. The molecule has 0 radical (unpaired) electrons. The summed E-state index contributed by atoms with van der Waals surface area (Å²) in [7, 11) is 0. The molecule has 1 aromatic heterocycles. The molecule has 0 aliphatic rings. The lowest BCUT2D eigenvalue weighted by Crippen LogP contribution is -2.33. The van der Waals surface area contributed by atoms with Crippen molar-refractivity contribution in [2.75, 3.05) is 5.75 Å². The van der Waals surface area contributed by atoms with Gasteiger partial charge < -0.3 is 5.32 Å². The smallest absolute Gasteiger partial charge is 0.230 e. The maximum atomic E-state index is 12.1.